The summed E-state index contributed by atoms with van der Waals surface area (Å²) in [7, 11) is 0. The molecule has 1 rings (SSSR count). The average Bonchev–Trinajstić information content (AvgIpc) is 2.31. The Hall–Kier alpha value is -0.770. The fraction of sp³-hybridized carbons (Fsp3) is 0.929. The summed E-state index contributed by atoms with van der Waals surface area (Å²) in [4.78, 5) is 11.8. The van der Waals surface area contributed by atoms with Crippen LogP contribution in [0.4, 0.5) is 4.79 Å². The third-order valence-corrected chi connectivity index (χ3v) is 3.94. The Balaban J connectivity index is 2.29. The molecular weight excluding hydrogens is 228 g/mol. The Morgan fingerprint density at radius 2 is 1.72 bits per heavy atom. The van der Waals surface area contributed by atoms with E-state index in [-0.39, 0.29) is 24.6 Å². The van der Waals surface area contributed by atoms with Gasteiger partial charge >= 0.3 is 6.03 Å². The summed E-state index contributed by atoms with van der Waals surface area (Å²) in [5, 5.41) is 15.0. The lowest BCUT2D eigenvalue weighted by molar-refractivity contribution is 0.198. The molecule has 2 atom stereocenters. The molecule has 1 aliphatic rings. The van der Waals surface area contributed by atoms with Crippen LogP contribution < -0.4 is 10.6 Å². The molecule has 18 heavy (non-hydrogen) atoms. The van der Waals surface area contributed by atoms with Gasteiger partial charge in [-0.05, 0) is 25.7 Å². The lowest BCUT2D eigenvalue weighted by Gasteiger charge is -2.24. The molecule has 2 unspecified atom stereocenters. The first-order valence-electron chi connectivity index (χ1n) is 7.31. The van der Waals surface area contributed by atoms with E-state index in [1.54, 1.807) is 0 Å². The van der Waals surface area contributed by atoms with Gasteiger partial charge in [0.1, 0.15) is 0 Å². The predicted molar refractivity (Wildman–Crippen MR) is 73.5 cm³/mol. The summed E-state index contributed by atoms with van der Waals surface area (Å²) >= 11 is 0. The second-order valence-electron chi connectivity index (χ2n) is 5.61. The van der Waals surface area contributed by atoms with Gasteiger partial charge in [0.25, 0.3) is 0 Å². The topological polar surface area (TPSA) is 61.4 Å². The predicted octanol–water partition coefficient (Wildman–Crippen LogP) is 2.42. The summed E-state index contributed by atoms with van der Waals surface area (Å²) in [6, 6.07) is 0.235. The maximum absolute atomic E-state index is 11.8. The molecule has 4 heteroatoms. The highest BCUT2D eigenvalue weighted by molar-refractivity contribution is 5.74. The van der Waals surface area contributed by atoms with Crippen molar-refractivity contribution in [1.29, 1.82) is 0 Å². The Kier molecular flexibility index (Phi) is 7.09. The molecule has 1 fully saturated rings. The van der Waals surface area contributed by atoms with Crippen molar-refractivity contribution in [1.82, 2.24) is 10.6 Å². The third kappa shape index (κ3) is 5.71. The zero-order chi connectivity index (χ0) is 13.4. The van der Waals surface area contributed by atoms with Crippen LogP contribution in [0.25, 0.3) is 0 Å². The molecule has 3 N–H and O–H groups in total. The summed E-state index contributed by atoms with van der Waals surface area (Å²) in [6.45, 7) is 3.96. The summed E-state index contributed by atoms with van der Waals surface area (Å²) in [6.07, 6.45) is 8.54. The highest BCUT2D eigenvalue weighted by atomic mass is 16.3. The molecule has 2 amide bonds. The molecule has 1 aliphatic carbocycles. The molecule has 0 aliphatic heterocycles. The molecule has 0 aromatic rings. The monoisotopic (exact) mass is 256 g/mol. The van der Waals surface area contributed by atoms with E-state index in [2.05, 4.69) is 10.6 Å². The normalized spacial score (nSPS) is 21.5. The van der Waals surface area contributed by atoms with Crippen molar-refractivity contribution in [3.63, 3.8) is 0 Å². The third-order valence-electron chi connectivity index (χ3n) is 3.94. The number of nitrogens with one attached hydrogen (secondary N) is 2. The van der Waals surface area contributed by atoms with Crippen LogP contribution in [-0.2, 0) is 0 Å². The number of amides is 2. The van der Waals surface area contributed by atoms with Gasteiger partial charge < -0.3 is 15.7 Å². The molecule has 1 saturated carbocycles. The molecule has 0 spiro atoms. The first kappa shape index (κ1) is 15.3. The van der Waals surface area contributed by atoms with Crippen LogP contribution >= 0.6 is 0 Å². The van der Waals surface area contributed by atoms with Crippen LogP contribution in [-0.4, -0.2) is 29.8 Å². The maximum atomic E-state index is 11.8. The highest BCUT2D eigenvalue weighted by Crippen LogP contribution is 2.17. The lowest BCUT2D eigenvalue weighted by atomic mass is 9.97. The summed E-state index contributed by atoms with van der Waals surface area (Å²) in [5.41, 5.74) is 0. The number of aliphatic hydroxyl groups is 1. The summed E-state index contributed by atoms with van der Waals surface area (Å²) < 4.78 is 0. The molecule has 0 aromatic heterocycles. The van der Waals surface area contributed by atoms with Gasteiger partial charge in [-0.2, -0.15) is 0 Å². The van der Waals surface area contributed by atoms with Gasteiger partial charge in [-0.25, -0.2) is 4.79 Å². The second-order valence-corrected chi connectivity index (χ2v) is 5.61. The van der Waals surface area contributed by atoms with E-state index in [4.69, 9.17) is 5.11 Å². The zero-order valence-electron chi connectivity index (χ0n) is 11.7. The number of carbonyl (C=O) groups is 1. The second kappa shape index (κ2) is 8.35. The van der Waals surface area contributed by atoms with Gasteiger partial charge in [0.15, 0.2) is 0 Å². The number of rotatable bonds is 4. The molecule has 0 aromatic carbocycles. The van der Waals surface area contributed by atoms with Gasteiger partial charge in [0, 0.05) is 18.7 Å². The molecule has 106 valence electrons. The van der Waals surface area contributed by atoms with E-state index in [0.29, 0.717) is 6.04 Å². The zero-order valence-corrected chi connectivity index (χ0v) is 11.7. The van der Waals surface area contributed by atoms with Crippen molar-refractivity contribution in [2.75, 3.05) is 6.61 Å². The number of carbonyl (C=O) groups excluding carboxylic acids is 1. The van der Waals surface area contributed by atoms with Crippen molar-refractivity contribution in [2.45, 2.75) is 70.9 Å². The van der Waals surface area contributed by atoms with Gasteiger partial charge in [-0.1, -0.05) is 39.0 Å². The fourth-order valence-corrected chi connectivity index (χ4v) is 2.33. The molecule has 0 heterocycles. The smallest absolute Gasteiger partial charge is 0.315 e. The quantitative estimate of drug-likeness (QED) is 0.723. The van der Waals surface area contributed by atoms with E-state index >= 15 is 0 Å². The Labute approximate surface area is 111 Å². The number of aliphatic hydroxyl groups excluding tert-OH is 1. The molecule has 0 bridgehead atoms. The van der Waals surface area contributed by atoms with Crippen LogP contribution in [0, 0.1) is 5.92 Å². The molecule has 0 radical (unpaired) electrons. The van der Waals surface area contributed by atoms with Gasteiger partial charge in [-0.15, -0.1) is 0 Å². The standard InChI is InChI=1S/C14H28N2O2/c1-11(10-17)12(2)15-14(18)16-13-8-6-4-3-5-7-9-13/h11-13,17H,3-10H2,1-2H3,(H2,15,16,18). The minimum absolute atomic E-state index is 0.00329. The molecular formula is C14H28N2O2. The minimum atomic E-state index is -0.0895. The molecule has 0 saturated heterocycles. The Bertz CT molecular complexity index is 238. The van der Waals surface area contributed by atoms with E-state index in [1.807, 2.05) is 13.8 Å². The van der Waals surface area contributed by atoms with Crippen LogP contribution in [0.5, 0.6) is 0 Å². The number of hydrogen-bond donors (Lipinski definition) is 3. The SMILES string of the molecule is CC(CO)C(C)NC(=O)NC1CCCCCCC1. The number of hydrogen-bond acceptors (Lipinski definition) is 2. The first-order valence-corrected chi connectivity index (χ1v) is 7.31. The molecule has 4 nitrogen and oxygen atoms in total. The van der Waals surface area contributed by atoms with E-state index in [0.717, 1.165) is 12.8 Å². The lowest BCUT2D eigenvalue weighted by Crippen LogP contribution is -2.47. The van der Waals surface area contributed by atoms with Crippen LogP contribution in [0.15, 0.2) is 0 Å². The Morgan fingerprint density at radius 3 is 2.28 bits per heavy atom. The van der Waals surface area contributed by atoms with Crippen molar-refractivity contribution < 1.29 is 9.90 Å². The van der Waals surface area contributed by atoms with Crippen molar-refractivity contribution in [2.24, 2.45) is 5.92 Å². The van der Waals surface area contributed by atoms with E-state index in [9.17, 15) is 4.79 Å². The van der Waals surface area contributed by atoms with Crippen LogP contribution in [0.1, 0.15) is 58.8 Å². The Morgan fingerprint density at radius 1 is 1.17 bits per heavy atom. The summed E-state index contributed by atoms with van der Waals surface area (Å²) in [5.74, 6) is 0.0908. The van der Waals surface area contributed by atoms with Gasteiger partial charge in [-0.3, -0.25) is 0 Å². The van der Waals surface area contributed by atoms with Crippen LogP contribution in [0.3, 0.4) is 0 Å². The van der Waals surface area contributed by atoms with Crippen molar-refractivity contribution >= 4 is 6.03 Å². The van der Waals surface area contributed by atoms with Gasteiger partial charge in [0.05, 0.1) is 0 Å². The fourth-order valence-electron chi connectivity index (χ4n) is 2.33. The largest absolute Gasteiger partial charge is 0.396 e. The first-order chi connectivity index (χ1) is 8.63. The van der Waals surface area contributed by atoms with Crippen molar-refractivity contribution in [3.05, 3.63) is 0 Å². The number of urea groups is 1. The maximum Gasteiger partial charge on any atom is 0.315 e. The average molecular weight is 256 g/mol. The highest BCUT2D eigenvalue weighted by Gasteiger charge is 2.17. The van der Waals surface area contributed by atoms with E-state index < -0.39 is 0 Å². The van der Waals surface area contributed by atoms with Gasteiger partial charge in [0.2, 0.25) is 0 Å². The van der Waals surface area contributed by atoms with Crippen molar-refractivity contribution in [3.8, 4) is 0 Å². The van der Waals surface area contributed by atoms with Crippen LogP contribution in [0.2, 0.25) is 0 Å². The minimum Gasteiger partial charge on any atom is -0.396 e. The van der Waals surface area contributed by atoms with E-state index in [1.165, 1.54) is 32.1 Å².